The maximum Gasteiger partial charge on any atom is 0.310 e. The van der Waals surface area contributed by atoms with Gasteiger partial charge in [-0.1, -0.05) is 30.3 Å². The molecule has 0 atom stereocenters. The highest BCUT2D eigenvalue weighted by Gasteiger charge is 2.32. The Bertz CT molecular complexity index is 966. The average molecular weight is 431 g/mol. The second kappa shape index (κ2) is 9.86. The highest BCUT2D eigenvalue weighted by Crippen LogP contribution is 2.25. The summed E-state index contributed by atoms with van der Waals surface area (Å²) in [7, 11) is -3.53. The van der Waals surface area contributed by atoms with E-state index in [1.54, 1.807) is 61.5 Å². The molecule has 1 fully saturated rings. The van der Waals surface area contributed by atoms with Gasteiger partial charge in [0.05, 0.1) is 17.9 Å². The number of hydrogen-bond acceptors (Lipinski definition) is 5. The fourth-order valence-electron chi connectivity index (χ4n) is 3.43. The van der Waals surface area contributed by atoms with Crippen molar-refractivity contribution in [2.24, 2.45) is 5.92 Å². The minimum absolute atomic E-state index is 0.120. The van der Waals surface area contributed by atoms with Crippen LogP contribution in [0.4, 0.5) is 5.69 Å². The molecular formula is C22H26N2O5S. The van der Waals surface area contributed by atoms with Gasteiger partial charge < -0.3 is 10.1 Å². The van der Waals surface area contributed by atoms with E-state index in [1.165, 1.54) is 4.31 Å². The molecule has 7 nitrogen and oxygen atoms in total. The fraction of sp³-hybridized carbons (Fsp3) is 0.364. The summed E-state index contributed by atoms with van der Waals surface area (Å²) >= 11 is 0. The van der Waals surface area contributed by atoms with E-state index in [1.807, 2.05) is 0 Å². The van der Waals surface area contributed by atoms with Crippen molar-refractivity contribution in [2.45, 2.75) is 31.1 Å². The van der Waals surface area contributed by atoms with Crippen LogP contribution in [0.25, 0.3) is 0 Å². The Balaban J connectivity index is 1.52. The van der Waals surface area contributed by atoms with E-state index < -0.39 is 10.0 Å². The molecule has 1 saturated heterocycles. The van der Waals surface area contributed by atoms with Gasteiger partial charge in [0.15, 0.2) is 0 Å². The number of benzene rings is 2. The van der Waals surface area contributed by atoms with Gasteiger partial charge in [-0.05, 0) is 49.6 Å². The lowest BCUT2D eigenvalue weighted by atomic mass is 9.97. The second-order valence-corrected chi connectivity index (χ2v) is 9.10. The molecule has 0 aliphatic carbocycles. The molecule has 1 aliphatic heterocycles. The van der Waals surface area contributed by atoms with Gasteiger partial charge in [0.1, 0.15) is 0 Å². The van der Waals surface area contributed by atoms with Crippen LogP contribution in [0, 0.1) is 5.92 Å². The molecule has 8 heteroatoms. The largest absolute Gasteiger partial charge is 0.466 e. The topological polar surface area (TPSA) is 92.8 Å². The number of esters is 1. The number of hydrogen-bond donors (Lipinski definition) is 1. The minimum atomic E-state index is -3.53. The maximum absolute atomic E-state index is 12.7. The zero-order valence-electron chi connectivity index (χ0n) is 16.9. The third-order valence-electron chi connectivity index (χ3n) is 5.08. The lowest BCUT2D eigenvalue weighted by molar-refractivity contribution is -0.142. The molecule has 2 aromatic carbocycles. The number of carbonyl (C=O) groups excluding carboxylic acids is 2. The molecule has 2 aromatic rings. The molecule has 0 unspecified atom stereocenters. The zero-order valence-corrected chi connectivity index (χ0v) is 17.7. The average Bonchev–Trinajstić information content (AvgIpc) is 2.76. The number of piperidine rings is 1. The van der Waals surface area contributed by atoms with E-state index in [0.717, 1.165) is 5.56 Å². The Morgan fingerprint density at radius 2 is 1.67 bits per heavy atom. The standard InChI is InChI=1S/C22H26N2O5S/c1-2-29-21(25)16-17-8-10-19(11-9-17)23-22(26)18-12-14-24(15-13-18)30(27,28)20-6-4-3-5-7-20/h3-11,18H,2,12-16H2,1H3,(H,23,26). The van der Waals surface area contributed by atoms with Crippen molar-refractivity contribution >= 4 is 27.6 Å². The van der Waals surface area contributed by atoms with Crippen LogP contribution in [0.5, 0.6) is 0 Å². The van der Waals surface area contributed by atoms with Crippen molar-refractivity contribution in [3.8, 4) is 0 Å². The fourth-order valence-corrected chi connectivity index (χ4v) is 4.92. The molecule has 0 spiro atoms. The van der Waals surface area contributed by atoms with Gasteiger partial charge in [-0.2, -0.15) is 4.31 Å². The molecule has 0 radical (unpaired) electrons. The van der Waals surface area contributed by atoms with Gasteiger partial charge in [-0.15, -0.1) is 0 Å². The van der Waals surface area contributed by atoms with Crippen LogP contribution in [0.3, 0.4) is 0 Å². The van der Waals surface area contributed by atoms with Crippen LogP contribution in [-0.2, 0) is 30.8 Å². The Labute approximate surface area is 177 Å². The predicted molar refractivity (Wildman–Crippen MR) is 113 cm³/mol. The van der Waals surface area contributed by atoms with Crippen molar-refractivity contribution in [3.63, 3.8) is 0 Å². The van der Waals surface area contributed by atoms with Crippen molar-refractivity contribution in [3.05, 3.63) is 60.2 Å². The smallest absolute Gasteiger partial charge is 0.310 e. The van der Waals surface area contributed by atoms with Gasteiger partial charge in [-0.3, -0.25) is 9.59 Å². The lowest BCUT2D eigenvalue weighted by Crippen LogP contribution is -2.41. The van der Waals surface area contributed by atoms with E-state index in [9.17, 15) is 18.0 Å². The molecule has 1 amide bonds. The Kier molecular flexibility index (Phi) is 7.23. The van der Waals surface area contributed by atoms with Crippen LogP contribution in [0.15, 0.2) is 59.5 Å². The van der Waals surface area contributed by atoms with Gasteiger partial charge in [0, 0.05) is 24.7 Å². The van der Waals surface area contributed by atoms with E-state index in [0.29, 0.717) is 38.2 Å². The Morgan fingerprint density at radius 3 is 2.27 bits per heavy atom. The summed E-state index contributed by atoms with van der Waals surface area (Å²) in [6, 6.07) is 15.4. The highest BCUT2D eigenvalue weighted by molar-refractivity contribution is 7.89. The number of sulfonamides is 1. The van der Waals surface area contributed by atoms with E-state index in [2.05, 4.69) is 5.32 Å². The third kappa shape index (κ3) is 5.46. The SMILES string of the molecule is CCOC(=O)Cc1ccc(NC(=O)C2CCN(S(=O)(=O)c3ccccc3)CC2)cc1. The van der Waals surface area contributed by atoms with Gasteiger partial charge in [-0.25, -0.2) is 8.42 Å². The Morgan fingerprint density at radius 1 is 1.03 bits per heavy atom. The van der Waals surface area contributed by atoms with E-state index in [4.69, 9.17) is 4.74 Å². The third-order valence-corrected chi connectivity index (χ3v) is 6.99. The second-order valence-electron chi connectivity index (χ2n) is 7.16. The van der Waals surface area contributed by atoms with Crippen LogP contribution >= 0.6 is 0 Å². The molecule has 0 aromatic heterocycles. The van der Waals surface area contributed by atoms with E-state index in [-0.39, 0.29) is 29.1 Å². The van der Waals surface area contributed by atoms with Crippen LogP contribution in [0.2, 0.25) is 0 Å². The zero-order chi connectivity index (χ0) is 21.6. The number of rotatable bonds is 7. The summed E-state index contributed by atoms with van der Waals surface area (Å²) in [5, 5.41) is 2.88. The van der Waals surface area contributed by atoms with Gasteiger partial charge in [0.25, 0.3) is 0 Å². The van der Waals surface area contributed by atoms with Crippen molar-refractivity contribution < 1.29 is 22.7 Å². The van der Waals surface area contributed by atoms with Crippen molar-refractivity contribution in [1.29, 1.82) is 0 Å². The van der Waals surface area contributed by atoms with Crippen LogP contribution in [0.1, 0.15) is 25.3 Å². The first kappa shape index (κ1) is 22.0. The highest BCUT2D eigenvalue weighted by atomic mass is 32.2. The van der Waals surface area contributed by atoms with Crippen molar-refractivity contribution in [2.75, 3.05) is 25.0 Å². The number of amides is 1. The molecule has 0 bridgehead atoms. The molecule has 1 aliphatic rings. The number of nitrogens with zero attached hydrogens (tertiary/aromatic N) is 1. The molecule has 30 heavy (non-hydrogen) atoms. The first-order valence-corrected chi connectivity index (χ1v) is 11.4. The van der Waals surface area contributed by atoms with Crippen LogP contribution in [-0.4, -0.2) is 44.3 Å². The summed E-state index contributed by atoms with van der Waals surface area (Å²) in [6.45, 7) is 2.73. The molecule has 160 valence electrons. The van der Waals surface area contributed by atoms with Crippen molar-refractivity contribution in [1.82, 2.24) is 4.31 Å². The van der Waals surface area contributed by atoms with E-state index >= 15 is 0 Å². The van der Waals surface area contributed by atoms with Gasteiger partial charge >= 0.3 is 5.97 Å². The molecule has 1 heterocycles. The number of ether oxygens (including phenoxy) is 1. The number of nitrogens with one attached hydrogen (secondary N) is 1. The number of anilines is 1. The monoisotopic (exact) mass is 430 g/mol. The summed E-state index contributed by atoms with van der Waals surface area (Å²) < 4.78 is 31.8. The normalized spacial score (nSPS) is 15.5. The Hall–Kier alpha value is -2.71. The lowest BCUT2D eigenvalue weighted by Gasteiger charge is -2.30. The number of carbonyl (C=O) groups is 2. The van der Waals surface area contributed by atoms with Crippen LogP contribution < -0.4 is 5.32 Å². The predicted octanol–water partition coefficient (Wildman–Crippen LogP) is 2.83. The first-order valence-electron chi connectivity index (χ1n) is 10.0. The summed E-state index contributed by atoms with van der Waals surface area (Å²) in [5.41, 5.74) is 1.46. The maximum atomic E-state index is 12.7. The first-order chi connectivity index (χ1) is 14.4. The summed E-state index contributed by atoms with van der Waals surface area (Å²) in [5.74, 6) is -0.650. The summed E-state index contributed by atoms with van der Waals surface area (Å²) in [4.78, 5) is 24.4. The molecular weight excluding hydrogens is 404 g/mol. The summed E-state index contributed by atoms with van der Waals surface area (Å²) in [6.07, 6.45) is 1.13. The molecule has 1 N–H and O–H groups in total. The quantitative estimate of drug-likeness (QED) is 0.682. The molecule has 0 saturated carbocycles. The van der Waals surface area contributed by atoms with Gasteiger partial charge in [0.2, 0.25) is 15.9 Å². The minimum Gasteiger partial charge on any atom is -0.466 e. The molecule has 3 rings (SSSR count).